The second-order valence-corrected chi connectivity index (χ2v) is 5.15. The number of rotatable bonds is 0. The Labute approximate surface area is 99.4 Å². The third-order valence-electron chi connectivity index (χ3n) is 1.17. The van der Waals surface area contributed by atoms with Crippen molar-refractivity contribution in [2.75, 3.05) is 0 Å². The average Bonchev–Trinajstić information content (AvgIpc) is 2.29. The fourth-order valence-electron chi connectivity index (χ4n) is 0.633. The van der Waals surface area contributed by atoms with Crippen molar-refractivity contribution >= 4 is 63.2 Å². The number of hydrogen-bond acceptors (Lipinski definition) is 1. The molecule has 0 amide bonds. The lowest BCUT2D eigenvalue weighted by molar-refractivity contribution is 0.286. The van der Waals surface area contributed by atoms with Crippen LogP contribution in [0.4, 0.5) is 0 Å². The summed E-state index contributed by atoms with van der Waals surface area (Å²) < 4.78 is -2.03. The number of aliphatic imine (C=N–C) groups is 1. The molecule has 2 nitrogen and oxygen atoms in total. The maximum Gasteiger partial charge on any atom is 0.255 e. The summed E-state index contributed by atoms with van der Waals surface area (Å²) in [6.45, 7) is 0. The molecule has 7 heteroatoms. The van der Waals surface area contributed by atoms with Crippen LogP contribution in [0.3, 0.4) is 0 Å². The van der Waals surface area contributed by atoms with Crippen molar-refractivity contribution in [3.05, 3.63) is 22.6 Å². The molecule has 13 heavy (non-hydrogen) atoms. The van der Waals surface area contributed by atoms with E-state index in [2.05, 4.69) is 4.99 Å². The molecular weight excluding hydrogens is 279 g/mol. The van der Waals surface area contributed by atoms with Crippen molar-refractivity contribution in [3.63, 3.8) is 0 Å². The van der Waals surface area contributed by atoms with Crippen LogP contribution in [-0.2, 0) is 5.11 Å². The van der Waals surface area contributed by atoms with Gasteiger partial charge in [0, 0.05) is 0 Å². The van der Waals surface area contributed by atoms with Gasteiger partial charge in [0.2, 0.25) is 5.76 Å². The number of halogens is 5. The fourth-order valence-corrected chi connectivity index (χ4v) is 1.21. The van der Waals surface area contributed by atoms with Gasteiger partial charge in [0.1, 0.15) is 10.9 Å². The van der Waals surface area contributed by atoms with Crippen LogP contribution in [-0.4, -0.2) is 8.96 Å². The molecule has 0 N–H and O–H groups in total. The van der Waals surface area contributed by atoms with Crippen LogP contribution in [0.15, 0.2) is 27.6 Å². The Hall–Kier alpha value is 0.400. The predicted molar refractivity (Wildman–Crippen MR) is 55.2 cm³/mol. The smallest absolute Gasteiger partial charge is 0.255 e. The number of allylic oxidation sites excluding steroid dienone is 3. The number of nitrogens with zero attached hydrogens (tertiary/aromatic N) is 1. The first-order valence-electron chi connectivity index (χ1n) is 2.92. The second-order valence-electron chi connectivity index (χ2n) is 2.11. The molecule has 1 aliphatic heterocycles. The van der Waals surface area contributed by atoms with Gasteiger partial charge in [0.05, 0.1) is 5.03 Å². The lowest BCUT2D eigenvalue weighted by Crippen LogP contribution is -2.06. The van der Waals surface area contributed by atoms with Crippen molar-refractivity contribution < 1.29 is 5.11 Å². The molecule has 0 aliphatic carbocycles. The molecular formula is C6HCl5NO. The third-order valence-corrected chi connectivity index (χ3v) is 2.36. The lowest BCUT2D eigenvalue weighted by Gasteiger charge is -2.06. The first-order valence-corrected chi connectivity index (χ1v) is 4.81. The zero-order valence-corrected chi connectivity index (χ0v) is 9.60. The van der Waals surface area contributed by atoms with Gasteiger partial charge in [-0.3, -0.25) is 5.11 Å². The van der Waals surface area contributed by atoms with Crippen molar-refractivity contribution in [1.29, 1.82) is 0 Å². The molecule has 1 rings (SSSR count). The van der Waals surface area contributed by atoms with E-state index >= 15 is 0 Å². The first-order chi connectivity index (χ1) is 5.82. The van der Waals surface area contributed by atoms with E-state index in [1.165, 1.54) is 6.08 Å². The number of hydrogen-bond donors (Lipinski definition) is 0. The first kappa shape index (κ1) is 11.5. The van der Waals surface area contributed by atoms with Crippen LogP contribution in [0.2, 0.25) is 0 Å². The minimum absolute atomic E-state index is 0.0132. The third kappa shape index (κ3) is 2.67. The highest BCUT2D eigenvalue weighted by Crippen LogP contribution is 2.37. The Bertz CT molecular complexity index is 304. The largest absolute Gasteiger partial charge is 0.288 e. The lowest BCUT2D eigenvalue weighted by atomic mass is 10.4. The molecule has 0 bridgehead atoms. The van der Waals surface area contributed by atoms with E-state index in [9.17, 15) is 5.11 Å². The van der Waals surface area contributed by atoms with Crippen molar-refractivity contribution in [2.45, 2.75) is 3.79 Å². The van der Waals surface area contributed by atoms with Gasteiger partial charge in [-0.25, -0.2) is 4.99 Å². The minimum atomic E-state index is -2.03. The van der Waals surface area contributed by atoms with Gasteiger partial charge >= 0.3 is 0 Å². The van der Waals surface area contributed by atoms with Crippen molar-refractivity contribution in [2.24, 2.45) is 4.99 Å². The molecule has 71 valence electrons. The average molecular weight is 280 g/mol. The summed E-state index contributed by atoms with van der Waals surface area (Å²) in [5.74, 6) is -0.758. The zero-order valence-electron chi connectivity index (χ0n) is 5.82. The van der Waals surface area contributed by atoms with Gasteiger partial charge < -0.3 is 0 Å². The Morgan fingerprint density at radius 1 is 1.31 bits per heavy atom. The molecule has 0 aromatic carbocycles. The SMILES string of the molecule is [O]C(=C1C=C(Cl)C(Cl)=N1)C(Cl)(Cl)Cl. The van der Waals surface area contributed by atoms with Gasteiger partial charge in [-0.2, -0.15) is 0 Å². The Kier molecular flexibility index (Phi) is 3.42. The topological polar surface area (TPSA) is 32.3 Å². The normalized spacial score (nSPS) is 21.3. The molecule has 0 spiro atoms. The maximum absolute atomic E-state index is 11.3. The van der Waals surface area contributed by atoms with E-state index in [-0.39, 0.29) is 15.9 Å². The second kappa shape index (κ2) is 3.87. The number of alkyl halides is 3. The van der Waals surface area contributed by atoms with E-state index in [0.717, 1.165) is 0 Å². The summed E-state index contributed by atoms with van der Waals surface area (Å²) in [7, 11) is 0. The molecule has 1 aliphatic rings. The van der Waals surface area contributed by atoms with Crippen LogP contribution in [0, 0.1) is 0 Å². The molecule has 0 aromatic rings. The summed E-state index contributed by atoms with van der Waals surface area (Å²) in [5.41, 5.74) is -0.0602. The van der Waals surface area contributed by atoms with Crippen LogP contribution in [0.5, 0.6) is 0 Å². The molecule has 0 aromatic heterocycles. The Morgan fingerprint density at radius 3 is 2.15 bits per heavy atom. The molecule has 0 fully saturated rings. The molecule has 0 saturated carbocycles. The van der Waals surface area contributed by atoms with Gasteiger partial charge in [-0.15, -0.1) is 0 Å². The summed E-state index contributed by atoms with van der Waals surface area (Å²) in [6.07, 6.45) is 1.24. The van der Waals surface area contributed by atoms with E-state index in [1.54, 1.807) is 0 Å². The van der Waals surface area contributed by atoms with Crippen LogP contribution in [0.25, 0.3) is 0 Å². The van der Waals surface area contributed by atoms with E-state index in [4.69, 9.17) is 58.0 Å². The zero-order chi connectivity index (χ0) is 10.2. The predicted octanol–water partition coefficient (Wildman–Crippen LogP) is 3.77. The van der Waals surface area contributed by atoms with Gasteiger partial charge in [-0.05, 0) is 6.08 Å². The summed E-state index contributed by atoms with van der Waals surface area (Å²) >= 11 is 27.1. The Balaban J connectivity index is 3.12. The van der Waals surface area contributed by atoms with E-state index < -0.39 is 9.55 Å². The highest BCUT2D eigenvalue weighted by atomic mass is 35.6. The van der Waals surface area contributed by atoms with Crippen molar-refractivity contribution in [1.82, 2.24) is 0 Å². The summed E-state index contributed by atoms with van der Waals surface area (Å²) in [5, 5.41) is 11.4. The van der Waals surface area contributed by atoms with Crippen LogP contribution in [0.1, 0.15) is 0 Å². The maximum atomic E-state index is 11.3. The molecule has 0 unspecified atom stereocenters. The standard InChI is InChI=1S/C6HCl5NO/c7-2-1-3(12-5(2)8)4(13)6(9,10)11/h1H. The summed E-state index contributed by atoms with van der Waals surface area (Å²) in [4.78, 5) is 3.61. The van der Waals surface area contributed by atoms with E-state index in [1.807, 2.05) is 0 Å². The monoisotopic (exact) mass is 278 g/mol. The molecule has 1 heterocycles. The summed E-state index contributed by atoms with van der Waals surface area (Å²) in [6, 6.07) is 0. The molecule has 1 radical (unpaired) electrons. The Morgan fingerprint density at radius 2 is 1.85 bits per heavy atom. The highest BCUT2D eigenvalue weighted by molar-refractivity contribution is 6.76. The molecule has 0 saturated heterocycles. The van der Waals surface area contributed by atoms with E-state index in [0.29, 0.717) is 0 Å². The van der Waals surface area contributed by atoms with Gasteiger partial charge in [0.15, 0.2) is 0 Å². The van der Waals surface area contributed by atoms with Gasteiger partial charge in [0.25, 0.3) is 3.79 Å². The highest BCUT2D eigenvalue weighted by Gasteiger charge is 2.32. The van der Waals surface area contributed by atoms with Crippen molar-refractivity contribution in [3.8, 4) is 0 Å². The quantitative estimate of drug-likeness (QED) is 0.478. The fraction of sp³-hybridized carbons (Fsp3) is 0.167. The molecule has 0 atom stereocenters. The minimum Gasteiger partial charge on any atom is -0.288 e. The van der Waals surface area contributed by atoms with Crippen LogP contribution < -0.4 is 0 Å². The van der Waals surface area contributed by atoms with Gasteiger partial charge in [-0.1, -0.05) is 58.0 Å². The van der Waals surface area contributed by atoms with Crippen LogP contribution >= 0.6 is 58.0 Å².